The molecule has 2 atom stereocenters. The van der Waals surface area contributed by atoms with Gasteiger partial charge in [-0.3, -0.25) is 9.98 Å². The van der Waals surface area contributed by atoms with Crippen LogP contribution in [0.5, 0.6) is 0 Å². The maximum Gasteiger partial charge on any atom is 0.102 e. The van der Waals surface area contributed by atoms with Crippen LogP contribution in [0.1, 0.15) is 24.2 Å². The molecule has 1 aliphatic rings. The van der Waals surface area contributed by atoms with Gasteiger partial charge in [0.2, 0.25) is 0 Å². The van der Waals surface area contributed by atoms with E-state index in [0.29, 0.717) is 0 Å². The molecule has 0 bridgehead atoms. The maximum atomic E-state index is 4.47. The highest BCUT2D eigenvalue weighted by Gasteiger charge is 2.23. The first-order valence-corrected chi connectivity index (χ1v) is 5.10. The summed E-state index contributed by atoms with van der Waals surface area (Å²) in [5.74, 6) is 0.253. The van der Waals surface area contributed by atoms with E-state index in [-0.39, 0.29) is 12.0 Å². The third-order valence-electron chi connectivity index (χ3n) is 2.60. The molecule has 1 aromatic heterocycles. The van der Waals surface area contributed by atoms with Gasteiger partial charge in [0.05, 0.1) is 5.69 Å². The lowest BCUT2D eigenvalue weighted by atomic mass is 9.89. The minimum absolute atomic E-state index is 0.0914. The topological polar surface area (TPSA) is 25.2 Å². The summed E-state index contributed by atoms with van der Waals surface area (Å²) in [6.45, 7) is 5.77. The maximum absolute atomic E-state index is 4.47. The fraction of sp³-hybridized carbons (Fsp3) is 0.231. The number of fused-ring (bicyclic) bond motifs is 1. The number of hydrogen-bond acceptors (Lipinski definition) is 2. The quantitative estimate of drug-likeness (QED) is 0.529. The van der Waals surface area contributed by atoms with Crippen LogP contribution < -0.4 is 0 Å². The Morgan fingerprint density at radius 3 is 3.13 bits per heavy atom. The second-order valence-electron chi connectivity index (χ2n) is 3.50. The first-order chi connectivity index (χ1) is 7.36. The van der Waals surface area contributed by atoms with E-state index in [2.05, 4.69) is 34.8 Å². The first-order valence-electron chi connectivity index (χ1n) is 5.10. The fourth-order valence-corrected chi connectivity index (χ4v) is 1.86. The van der Waals surface area contributed by atoms with Crippen LogP contribution in [0.15, 0.2) is 42.1 Å². The second kappa shape index (κ2) is 4.22. The number of aliphatic imine (C=N–C) groups is 1. The molecule has 2 heteroatoms. The molecule has 0 aromatic carbocycles. The van der Waals surface area contributed by atoms with E-state index < -0.39 is 0 Å². The Morgan fingerprint density at radius 2 is 2.40 bits per heavy atom. The molecule has 0 amide bonds. The lowest BCUT2D eigenvalue weighted by Gasteiger charge is -2.23. The predicted molar refractivity (Wildman–Crippen MR) is 63.9 cm³/mol. The Labute approximate surface area is 90.1 Å². The molecule has 1 aliphatic carbocycles. The molecule has 76 valence electrons. The standard InChI is InChI=1S/C13H14N2/c1-3-10-7-8-11-6-5-9-15-13(11)12(10)14-4-2/h3-10,12H,1H2,2H3/b14-4-. The van der Waals surface area contributed by atoms with Crippen LogP contribution >= 0.6 is 0 Å². The van der Waals surface area contributed by atoms with Crippen LogP contribution in [0.25, 0.3) is 6.08 Å². The van der Waals surface area contributed by atoms with Crippen molar-refractivity contribution >= 4 is 12.3 Å². The molecule has 2 nitrogen and oxygen atoms in total. The van der Waals surface area contributed by atoms with Crippen molar-refractivity contribution in [3.05, 3.63) is 48.3 Å². The molecule has 15 heavy (non-hydrogen) atoms. The fourth-order valence-electron chi connectivity index (χ4n) is 1.86. The number of hydrogen-bond donors (Lipinski definition) is 0. The molecule has 0 radical (unpaired) electrons. The van der Waals surface area contributed by atoms with Crippen LogP contribution in [0, 0.1) is 5.92 Å². The summed E-state index contributed by atoms with van der Waals surface area (Å²) in [6.07, 6.45) is 9.80. The summed E-state index contributed by atoms with van der Waals surface area (Å²) in [5, 5.41) is 0. The highest BCUT2D eigenvalue weighted by atomic mass is 14.8. The molecule has 2 unspecified atom stereocenters. The molecule has 0 aliphatic heterocycles. The van der Waals surface area contributed by atoms with Crippen molar-refractivity contribution in [3.63, 3.8) is 0 Å². The minimum atomic E-state index is 0.0914. The molecule has 0 saturated heterocycles. The Hall–Kier alpha value is -1.70. The lowest BCUT2D eigenvalue weighted by molar-refractivity contribution is 0.600. The Morgan fingerprint density at radius 1 is 1.53 bits per heavy atom. The van der Waals surface area contributed by atoms with E-state index >= 15 is 0 Å². The van der Waals surface area contributed by atoms with Crippen LogP contribution in [0.2, 0.25) is 0 Å². The van der Waals surface area contributed by atoms with Crippen molar-refractivity contribution < 1.29 is 0 Å². The zero-order chi connectivity index (χ0) is 10.7. The largest absolute Gasteiger partial charge is 0.287 e. The number of rotatable bonds is 2. The smallest absolute Gasteiger partial charge is 0.102 e. The van der Waals surface area contributed by atoms with Gasteiger partial charge in [-0.2, -0.15) is 0 Å². The van der Waals surface area contributed by atoms with Gasteiger partial charge in [0.25, 0.3) is 0 Å². The molecule has 0 N–H and O–H groups in total. The van der Waals surface area contributed by atoms with Gasteiger partial charge in [0.1, 0.15) is 6.04 Å². The van der Waals surface area contributed by atoms with Crippen LogP contribution in [0.4, 0.5) is 0 Å². The molecule has 0 spiro atoms. The number of pyridine rings is 1. The molecule has 0 fully saturated rings. The van der Waals surface area contributed by atoms with Crippen molar-refractivity contribution in [2.75, 3.05) is 0 Å². The third kappa shape index (κ3) is 1.75. The molecule has 1 aromatic rings. The second-order valence-corrected chi connectivity index (χ2v) is 3.50. The molecular weight excluding hydrogens is 184 g/mol. The summed E-state index contributed by atoms with van der Waals surface area (Å²) >= 11 is 0. The summed E-state index contributed by atoms with van der Waals surface area (Å²) < 4.78 is 0. The summed E-state index contributed by atoms with van der Waals surface area (Å²) in [5.41, 5.74) is 2.20. The van der Waals surface area contributed by atoms with E-state index in [0.717, 1.165) is 11.3 Å². The summed E-state index contributed by atoms with van der Waals surface area (Å²) in [4.78, 5) is 8.87. The van der Waals surface area contributed by atoms with Gasteiger partial charge < -0.3 is 0 Å². The van der Waals surface area contributed by atoms with Gasteiger partial charge in [-0.25, -0.2) is 0 Å². The van der Waals surface area contributed by atoms with E-state index in [1.807, 2.05) is 31.5 Å². The SMILES string of the molecule is C=CC1C=Cc2cccnc2C1/N=C\C. The highest BCUT2D eigenvalue weighted by molar-refractivity contribution is 5.59. The van der Waals surface area contributed by atoms with E-state index in [1.54, 1.807) is 0 Å². The van der Waals surface area contributed by atoms with Gasteiger partial charge in [0, 0.05) is 12.1 Å². The predicted octanol–water partition coefficient (Wildman–Crippen LogP) is 3.04. The van der Waals surface area contributed by atoms with Crippen molar-refractivity contribution in [2.45, 2.75) is 13.0 Å². The molecule has 2 rings (SSSR count). The highest BCUT2D eigenvalue weighted by Crippen LogP contribution is 2.33. The van der Waals surface area contributed by atoms with E-state index in [9.17, 15) is 0 Å². The van der Waals surface area contributed by atoms with E-state index in [1.165, 1.54) is 0 Å². The Bertz CT molecular complexity index is 418. The Kier molecular flexibility index (Phi) is 2.77. The van der Waals surface area contributed by atoms with Gasteiger partial charge in [-0.05, 0) is 24.8 Å². The van der Waals surface area contributed by atoms with Crippen LogP contribution in [0.3, 0.4) is 0 Å². The van der Waals surface area contributed by atoms with Gasteiger partial charge >= 0.3 is 0 Å². The average molecular weight is 198 g/mol. The van der Waals surface area contributed by atoms with Gasteiger partial charge in [0.15, 0.2) is 0 Å². The minimum Gasteiger partial charge on any atom is -0.287 e. The van der Waals surface area contributed by atoms with Crippen LogP contribution in [-0.4, -0.2) is 11.2 Å². The zero-order valence-corrected chi connectivity index (χ0v) is 8.80. The number of nitrogens with zero attached hydrogens (tertiary/aromatic N) is 2. The lowest BCUT2D eigenvalue weighted by Crippen LogP contribution is -2.13. The average Bonchev–Trinajstić information content (AvgIpc) is 2.30. The zero-order valence-electron chi connectivity index (χ0n) is 8.80. The summed E-state index contributed by atoms with van der Waals surface area (Å²) in [7, 11) is 0. The third-order valence-corrected chi connectivity index (χ3v) is 2.60. The number of aromatic nitrogens is 1. The summed E-state index contributed by atoms with van der Waals surface area (Å²) in [6, 6.07) is 4.11. The molecular formula is C13H14N2. The first kappa shape index (κ1) is 9.84. The van der Waals surface area contributed by atoms with Gasteiger partial charge in [-0.15, -0.1) is 6.58 Å². The normalized spacial score (nSPS) is 24.1. The Balaban J connectivity index is 2.49. The molecule has 1 heterocycles. The van der Waals surface area contributed by atoms with Crippen molar-refractivity contribution in [3.8, 4) is 0 Å². The van der Waals surface area contributed by atoms with E-state index in [4.69, 9.17) is 0 Å². The van der Waals surface area contributed by atoms with Crippen molar-refractivity contribution in [1.82, 2.24) is 4.98 Å². The van der Waals surface area contributed by atoms with Crippen LogP contribution in [-0.2, 0) is 0 Å². The van der Waals surface area contributed by atoms with Crippen molar-refractivity contribution in [1.29, 1.82) is 0 Å². The van der Waals surface area contributed by atoms with Crippen molar-refractivity contribution in [2.24, 2.45) is 10.9 Å². The van der Waals surface area contributed by atoms with Gasteiger partial charge in [-0.1, -0.05) is 24.3 Å². The molecule has 0 saturated carbocycles. The monoisotopic (exact) mass is 198 g/mol.